The molecular formula is C16H16N2O3. The number of rotatable bonds is 3. The van der Waals surface area contributed by atoms with Crippen molar-refractivity contribution in [3.8, 4) is 11.3 Å². The summed E-state index contributed by atoms with van der Waals surface area (Å²) in [6, 6.07) is 12.5. The molecule has 0 bridgehead atoms. The summed E-state index contributed by atoms with van der Waals surface area (Å²) in [6.45, 7) is 0.496. The van der Waals surface area contributed by atoms with E-state index in [-0.39, 0.29) is 5.91 Å². The van der Waals surface area contributed by atoms with Gasteiger partial charge in [0, 0.05) is 12.2 Å². The van der Waals surface area contributed by atoms with Crippen LogP contribution in [0.1, 0.15) is 23.3 Å². The average molecular weight is 284 g/mol. The highest BCUT2D eigenvalue weighted by Crippen LogP contribution is 2.22. The Labute approximate surface area is 122 Å². The number of aromatic nitrogens is 1. The minimum atomic E-state index is -0.935. The number of carbonyl (C=O) groups excluding carboxylic acids is 1. The smallest absolute Gasteiger partial charge is 0.326 e. The summed E-state index contributed by atoms with van der Waals surface area (Å²) in [6.07, 6.45) is 1.25. The van der Waals surface area contributed by atoms with Crippen LogP contribution in [0.2, 0.25) is 0 Å². The zero-order valence-corrected chi connectivity index (χ0v) is 11.5. The molecule has 0 radical (unpaired) electrons. The second-order valence-corrected chi connectivity index (χ2v) is 5.15. The molecule has 3 rings (SSSR count). The maximum absolute atomic E-state index is 12.4. The van der Waals surface area contributed by atoms with Crippen LogP contribution in [0.25, 0.3) is 11.3 Å². The maximum atomic E-state index is 12.4. The quantitative estimate of drug-likeness (QED) is 0.908. The van der Waals surface area contributed by atoms with Crippen molar-refractivity contribution in [1.82, 2.24) is 9.88 Å². The lowest BCUT2D eigenvalue weighted by Gasteiger charge is -2.20. The van der Waals surface area contributed by atoms with Crippen LogP contribution in [0.3, 0.4) is 0 Å². The summed E-state index contributed by atoms with van der Waals surface area (Å²) in [5.74, 6) is -1.18. The molecule has 1 aromatic carbocycles. The van der Waals surface area contributed by atoms with E-state index in [0.717, 1.165) is 17.7 Å². The van der Waals surface area contributed by atoms with Gasteiger partial charge in [-0.1, -0.05) is 30.3 Å². The van der Waals surface area contributed by atoms with Gasteiger partial charge in [-0.05, 0) is 30.5 Å². The molecule has 0 saturated carbocycles. The van der Waals surface area contributed by atoms with Crippen molar-refractivity contribution in [2.45, 2.75) is 18.9 Å². The van der Waals surface area contributed by atoms with E-state index >= 15 is 0 Å². The molecule has 5 heteroatoms. The van der Waals surface area contributed by atoms with E-state index < -0.39 is 12.0 Å². The number of H-pyrrole nitrogens is 1. The Balaban J connectivity index is 1.83. The molecule has 1 aliphatic rings. The number of hydrogen-bond acceptors (Lipinski definition) is 2. The zero-order valence-electron chi connectivity index (χ0n) is 11.5. The number of aromatic amines is 1. The number of aliphatic carboxylic acids is 1. The summed E-state index contributed by atoms with van der Waals surface area (Å²) >= 11 is 0. The van der Waals surface area contributed by atoms with Gasteiger partial charge in [0.2, 0.25) is 0 Å². The molecule has 1 saturated heterocycles. The molecule has 0 spiro atoms. The average Bonchev–Trinajstić information content (AvgIpc) is 3.17. The third-order valence-corrected chi connectivity index (χ3v) is 3.80. The van der Waals surface area contributed by atoms with E-state index in [4.69, 9.17) is 5.11 Å². The molecule has 1 aliphatic heterocycles. The Morgan fingerprint density at radius 1 is 1.14 bits per heavy atom. The van der Waals surface area contributed by atoms with Crippen molar-refractivity contribution >= 4 is 11.9 Å². The first-order valence-electron chi connectivity index (χ1n) is 6.95. The minimum absolute atomic E-state index is 0.248. The van der Waals surface area contributed by atoms with Gasteiger partial charge in [-0.2, -0.15) is 0 Å². The summed E-state index contributed by atoms with van der Waals surface area (Å²) in [7, 11) is 0. The van der Waals surface area contributed by atoms with E-state index in [2.05, 4.69) is 4.98 Å². The van der Waals surface area contributed by atoms with E-state index in [9.17, 15) is 9.59 Å². The molecule has 1 amide bonds. The molecule has 0 unspecified atom stereocenters. The largest absolute Gasteiger partial charge is 0.480 e. The third kappa shape index (κ3) is 2.54. The Hall–Kier alpha value is -2.56. The van der Waals surface area contributed by atoms with Gasteiger partial charge in [-0.3, -0.25) is 4.79 Å². The first kappa shape index (κ1) is 13.4. The maximum Gasteiger partial charge on any atom is 0.326 e. The van der Waals surface area contributed by atoms with E-state index in [1.54, 1.807) is 6.07 Å². The summed E-state index contributed by atoms with van der Waals surface area (Å²) in [5.41, 5.74) is 2.28. The third-order valence-electron chi connectivity index (χ3n) is 3.80. The highest BCUT2D eigenvalue weighted by molar-refractivity contribution is 5.96. The number of likely N-dealkylation sites (tertiary alicyclic amines) is 1. The van der Waals surface area contributed by atoms with Crippen LogP contribution in [0.5, 0.6) is 0 Å². The molecule has 1 aromatic heterocycles. The molecule has 108 valence electrons. The molecular weight excluding hydrogens is 268 g/mol. The lowest BCUT2D eigenvalue weighted by molar-refractivity contribution is -0.141. The van der Waals surface area contributed by atoms with Gasteiger partial charge in [0.25, 0.3) is 5.91 Å². The summed E-state index contributed by atoms with van der Waals surface area (Å²) in [4.78, 5) is 28.1. The van der Waals surface area contributed by atoms with Crippen LogP contribution in [0.15, 0.2) is 42.5 Å². The van der Waals surface area contributed by atoms with Gasteiger partial charge in [-0.25, -0.2) is 4.79 Å². The molecule has 2 N–H and O–H groups in total. The highest BCUT2D eigenvalue weighted by atomic mass is 16.4. The van der Waals surface area contributed by atoms with Gasteiger partial charge >= 0.3 is 5.97 Å². The van der Waals surface area contributed by atoms with E-state index in [1.165, 1.54) is 4.90 Å². The predicted octanol–water partition coefficient (Wildman–Crippen LogP) is 2.37. The van der Waals surface area contributed by atoms with Crippen molar-refractivity contribution in [3.05, 3.63) is 48.2 Å². The number of carboxylic acid groups (broad SMARTS) is 1. The molecule has 1 atom stereocenters. The molecule has 21 heavy (non-hydrogen) atoms. The first-order valence-corrected chi connectivity index (χ1v) is 6.95. The second kappa shape index (κ2) is 5.44. The fraction of sp³-hybridized carbons (Fsp3) is 0.250. The molecule has 0 aliphatic carbocycles. The SMILES string of the molecule is O=C(O)[C@@H]1CCCN1C(=O)c1ccc(-c2ccccc2)[nH]1. The first-order chi connectivity index (χ1) is 10.2. The molecule has 1 fully saturated rings. The monoisotopic (exact) mass is 284 g/mol. The summed E-state index contributed by atoms with van der Waals surface area (Å²) < 4.78 is 0. The highest BCUT2D eigenvalue weighted by Gasteiger charge is 2.34. The minimum Gasteiger partial charge on any atom is -0.480 e. The van der Waals surface area contributed by atoms with E-state index in [1.807, 2.05) is 36.4 Å². The van der Waals surface area contributed by atoms with E-state index in [0.29, 0.717) is 18.7 Å². The number of carboxylic acids is 1. The lowest BCUT2D eigenvalue weighted by Crippen LogP contribution is -2.40. The van der Waals surface area contributed by atoms with Crippen LogP contribution in [0.4, 0.5) is 0 Å². The van der Waals surface area contributed by atoms with Gasteiger partial charge in [0.1, 0.15) is 11.7 Å². The second-order valence-electron chi connectivity index (χ2n) is 5.15. The number of benzene rings is 1. The Kier molecular flexibility index (Phi) is 3.48. The number of nitrogens with one attached hydrogen (secondary N) is 1. The van der Waals surface area contributed by atoms with Crippen molar-refractivity contribution in [2.75, 3.05) is 6.54 Å². The van der Waals surface area contributed by atoms with Crippen molar-refractivity contribution in [3.63, 3.8) is 0 Å². The standard InChI is InChI=1S/C16H16N2O3/c19-15(18-10-4-7-14(18)16(20)21)13-9-8-12(17-13)11-5-2-1-3-6-11/h1-3,5-6,8-9,14,17H,4,7,10H2,(H,20,21)/t14-/m0/s1. The number of nitrogens with zero attached hydrogens (tertiary/aromatic N) is 1. The van der Waals surface area contributed by atoms with Gasteiger partial charge in [-0.15, -0.1) is 0 Å². The predicted molar refractivity (Wildman–Crippen MR) is 77.9 cm³/mol. The van der Waals surface area contributed by atoms with Crippen LogP contribution < -0.4 is 0 Å². The van der Waals surface area contributed by atoms with Gasteiger partial charge in [0.05, 0.1) is 0 Å². The fourth-order valence-corrected chi connectivity index (χ4v) is 2.73. The molecule has 5 nitrogen and oxygen atoms in total. The Bertz CT molecular complexity index is 663. The zero-order chi connectivity index (χ0) is 14.8. The Morgan fingerprint density at radius 3 is 2.62 bits per heavy atom. The van der Waals surface area contributed by atoms with Gasteiger partial charge in [0.15, 0.2) is 0 Å². The van der Waals surface area contributed by atoms with Crippen molar-refractivity contribution in [2.24, 2.45) is 0 Å². The normalized spacial score (nSPS) is 17.9. The van der Waals surface area contributed by atoms with Crippen molar-refractivity contribution in [1.29, 1.82) is 0 Å². The molecule has 2 aromatic rings. The van der Waals surface area contributed by atoms with Crippen LogP contribution in [-0.2, 0) is 4.79 Å². The number of carbonyl (C=O) groups is 2. The Morgan fingerprint density at radius 2 is 1.90 bits per heavy atom. The summed E-state index contributed by atoms with van der Waals surface area (Å²) in [5, 5.41) is 9.16. The van der Waals surface area contributed by atoms with Crippen LogP contribution in [0, 0.1) is 0 Å². The van der Waals surface area contributed by atoms with Gasteiger partial charge < -0.3 is 15.0 Å². The number of hydrogen-bond donors (Lipinski definition) is 2. The topological polar surface area (TPSA) is 73.4 Å². The fourth-order valence-electron chi connectivity index (χ4n) is 2.73. The molecule has 2 heterocycles. The lowest BCUT2D eigenvalue weighted by atomic mass is 10.2. The van der Waals surface area contributed by atoms with Crippen LogP contribution >= 0.6 is 0 Å². The van der Waals surface area contributed by atoms with Crippen LogP contribution in [-0.4, -0.2) is 39.5 Å². The number of amides is 1. The van der Waals surface area contributed by atoms with Crippen molar-refractivity contribution < 1.29 is 14.7 Å².